The second-order valence-electron chi connectivity index (χ2n) is 6.58. The molecular formula is C20H20ClN3OS. The average molecular weight is 386 g/mol. The Kier molecular flexibility index (Phi) is 4.94. The third-order valence-corrected chi connectivity index (χ3v) is 6.12. The van der Waals surface area contributed by atoms with E-state index in [0.717, 1.165) is 53.5 Å². The zero-order valence-electron chi connectivity index (χ0n) is 14.6. The summed E-state index contributed by atoms with van der Waals surface area (Å²) in [5.41, 5.74) is 2.14. The SMILES string of the molecule is Cc1ccc(C(=O)N2CCN(Cc3ccc(Cl)c4cccnc34)CC2)s1. The Balaban J connectivity index is 1.43. The van der Waals surface area contributed by atoms with Gasteiger partial charge in [0.2, 0.25) is 0 Å². The van der Waals surface area contributed by atoms with Crippen LogP contribution < -0.4 is 0 Å². The standard InChI is InChI=1S/C20H20ClN3OS/c1-14-4-7-18(26-14)20(25)24-11-9-23(10-12-24)13-15-5-6-17(21)16-3-2-8-22-19(15)16/h2-8H,9-13H2,1H3. The van der Waals surface area contributed by atoms with E-state index in [1.807, 2.05) is 48.4 Å². The predicted octanol–water partition coefficient (Wildman–Crippen LogP) is 4.22. The summed E-state index contributed by atoms with van der Waals surface area (Å²) in [7, 11) is 0. The molecule has 1 aromatic carbocycles. The van der Waals surface area contributed by atoms with Gasteiger partial charge in [-0.1, -0.05) is 17.7 Å². The van der Waals surface area contributed by atoms with Crippen molar-refractivity contribution in [3.05, 3.63) is 62.9 Å². The van der Waals surface area contributed by atoms with Crippen LogP contribution in [-0.4, -0.2) is 46.9 Å². The van der Waals surface area contributed by atoms with Crippen molar-refractivity contribution in [2.45, 2.75) is 13.5 Å². The molecule has 0 radical (unpaired) electrons. The van der Waals surface area contributed by atoms with Crippen molar-refractivity contribution < 1.29 is 4.79 Å². The molecule has 0 N–H and O–H groups in total. The van der Waals surface area contributed by atoms with E-state index in [9.17, 15) is 4.79 Å². The highest BCUT2D eigenvalue weighted by molar-refractivity contribution is 7.13. The van der Waals surface area contributed by atoms with Gasteiger partial charge in [-0.25, -0.2) is 0 Å². The van der Waals surface area contributed by atoms with E-state index in [1.165, 1.54) is 10.4 Å². The molecule has 0 spiro atoms. The van der Waals surface area contributed by atoms with Crippen LogP contribution in [-0.2, 0) is 6.54 Å². The number of carbonyl (C=O) groups is 1. The lowest BCUT2D eigenvalue weighted by atomic mass is 10.1. The number of hydrogen-bond acceptors (Lipinski definition) is 4. The van der Waals surface area contributed by atoms with Gasteiger partial charge in [0, 0.05) is 54.2 Å². The summed E-state index contributed by atoms with van der Waals surface area (Å²) in [6.07, 6.45) is 1.81. The van der Waals surface area contributed by atoms with Crippen LogP contribution in [0.5, 0.6) is 0 Å². The van der Waals surface area contributed by atoms with Crippen molar-refractivity contribution in [1.29, 1.82) is 0 Å². The maximum atomic E-state index is 12.6. The van der Waals surface area contributed by atoms with Crippen LogP contribution in [0.25, 0.3) is 10.9 Å². The molecule has 3 heterocycles. The number of aromatic nitrogens is 1. The Hall–Kier alpha value is -1.95. The van der Waals surface area contributed by atoms with Crippen LogP contribution in [0.4, 0.5) is 0 Å². The molecule has 1 amide bonds. The van der Waals surface area contributed by atoms with E-state index >= 15 is 0 Å². The van der Waals surface area contributed by atoms with Gasteiger partial charge in [0.05, 0.1) is 10.4 Å². The van der Waals surface area contributed by atoms with Gasteiger partial charge in [0.25, 0.3) is 5.91 Å². The van der Waals surface area contributed by atoms with Crippen LogP contribution in [0.3, 0.4) is 0 Å². The molecule has 3 aromatic rings. The number of piperazine rings is 1. The third-order valence-electron chi connectivity index (χ3n) is 4.80. The Morgan fingerprint density at radius 2 is 1.96 bits per heavy atom. The fourth-order valence-corrected chi connectivity index (χ4v) is 4.43. The van der Waals surface area contributed by atoms with E-state index in [-0.39, 0.29) is 5.91 Å². The first-order chi connectivity index (χ1) is 12.6. The molecule has 0 unspecified atom stereocenters. The molecule has 1 aliphatic rings. The van der Waals surface area contributed by atoms with Gasteiger partial charge in [-0.15, -0.1) is 11.3 Å². The number of halogens is 1. The maximum absolute atomic E-state index is 12.6. The lowest BCUT2D eigenvalue weighted by Gasteiger charge is -2.34. The Bertz CT molecular complexity index is 947. The average Bonchev–Trinajstić information content (AvgIpc) is 3.11. The Labute approximate surface area is 162 Å². The first-order valence-electron chi connectivity index (χ1n) is 8.72. The summed E-state index contributed by atoms with van der Waals surface area (Å²) in [6.45, 7) is 6.11. The molecule has 26 heavy (non-hydrogen) atoms. The number of nitrogens with zero attached hydrogens (tertiary/aromatic N) is 3. The van der Waals surface area contributed by atoms with E-state index in [2.05, 4.69) is 16.0 Å². The maximum Gasteiger partial charge on any atom is 0.264 e. The normalized spacial score (nSPS) is 15.5. The van der Waals surface area contributed by atoms with Gasteiger partial charge in [-0.2, -0.15) is 0 Å². The molecule has 2 aromatic heterocycles. The topological polar surface area (TPSA) is 36.4 Å². The summed E-state index contributed by atoms with van der Waals surface area (Å²) < 4.78 is 0. The zero-order chi connectivity index (χ0) is 18.1. The van der Waals surface area contributed by atoms with E-state index < -0.39 is 0 Å². The number of aryl methyl sites for hydroxylation is 1. The summed E-state index contributed by atoms with van der Waals surface area (Å²) in [6, 6.07) is 11.9. The number of rotatable bonds is 3. The lowest BCUT2D eigenvalue weighted by molar-refractivity contribution is 0.0633. The van der Waals surface area contributed by atoms with Crippen LogP contribution in [0.2, 0.25) is 5.02 Å². The highest BCUT2D eigenvalue weighted by Gasteiger charge is 2.23. The fourth-order valence-electron chi connectivity index (χ4n) is 3.38. The molecule has 0 aliphatic carbocycles. The number of hydrogen-bond donors (Lipinski definition) is 0. The van der Waals surface area contributed by atoms with Crippen molar-refractivity contribution in [2.75, 3.05) is 26.2 Å². The quantitative estimate of drug-likeness (QED) is 0.677. The Morgan fingerprint density at radius 3 is 2.69 bits per heavy atom. The van der Waals surface area contributed by atoms with Crippen molar-refractivity contribution in [3.8, 4) is 0 Å². The monoisotopic (exact) mass is 385 g/mol. The third kappa shape index (κ3) is 3.47. The summed E-state index contributed by atoms with van der Waals surface area (Å²) in [5.74, 6) is 0.154. The smallest absolute Gasteiger partial charge is 0.264 e. The van der Waals surface area contributed by atoms with Crippen LogP contribution in [0, 0.1) is 6.92 Å². The molecule has 4 nitrogen and oxygen atoms in total. The minimum atomic E-state index is 0.154. The van der Waals surface area contributed by atoms with Gasteiger partial charge in [0.1, 0.15) is 0 Å². The van der Waals surface area contributed by atoms with Crippen LogP contribution >= 0.6 is 22.9 Å². The number of pyridine rings is 1. The fraction of sp³-hybridized carbons (Fsp3) is 0.300. The number of benzene rings is 1. The molecule has 0 saturated carbocycles. The van der Waals surface area contributed by atoms with Gasteiger partial charge in [0.15, 0.2) is 0 Å². The van der Waals surface area contributed by atoms with Gasteiger partial charge in [-0.3, -0.25) is 14.7 Å². The largest absolute Gasteiger partial charge is 0.335 e. The van der Waals surface area contributed by atoms with Crippen LogP contribution in [0.1, 0.15) is 20.1 Å². The van der Waals surface area contributed by atoms with Gasteiger partial charge < -0.3 is 4.90 Å². The molecule has 0 bridgehead atoms. The molecule has 1 aliphatic heterocycles. The molecule has 0 atom stereocenters. The molecule has 134 valence electrons. The predicted molar refractivity (Wildman–Crippen MR) is 107 cm³/mol. The van der Waals surface area contributed by atoms with E-state index in [4.69, 9.17) is 11.6 Å². The molecule has 6 heteroatoms. The van der Waals surface area contributed by atoms with Crippen LogP contribution in [0.15, 0.2) is 42.6 Å². The zero-order valence-corrected chi connectivity index (χ0v) is 16.2. The number of thiophene rings is 1. The number of carbonyl (C=O) groups excluding carboxylic acids is 1. The minimum absolute atomic E-state index is 0.154. The highest BCUT2D eigenvalue weighted by atomic mass is 35.5. The molecule has 1 saturated heterocycles. The van der Waals surface area contributed by atoms with Crippen molar-refractivity contribution in [3.63, 3.8) is 0 Å². The van der Waals surface area contributed by atoms with Crippen molar-refractivity contribution in [1.82, 2.24) is 14.8 Å². The summed E-state index contributed by atoms with van der Waals surface area (Å²) in [5, 5.41) is 1.73. The Morgan fingerprint density at radius 1 is 1.15 bits per heavy atom. The van der Waals surface area contributed by atoms with E-state index in [0.29, 0.717) is 0 Å². The first kappa shape index (κ1) is 17.5. The summed E-state index contributed by atoms with van der Waals surface area (Å²) in [4.78, 5) is 23.4. The minimum Gasteiger partial charge on any atom is -0.335 e. The summed E-state index contributed by atoms with van der Waals surface area (Å²) >= 11 is 7.86. The second kappa shape index (κ2) is 7.35. The van der Waals surface area contributed by atoms with E-state index in [1.54, 1.807) is 11.3 Å². The number of fused-ring (bicyclic) bond motifs is 1. The lowest BCUT2D eigenvalue weighted by Crippen LogP contribution is -2.48. The number of amides is 1. The first-order valence-corrected chi connectivity index (χ1v) is 9.91. The molecule has 1 fully saturated rings. The van der Waals surface area contributed by atoms with Crippen molar-refractivity contribution in [2.24, 2.45) is 0 Å². The highest BCUT2D eigenvalue weighted by Crippen LogP contribution is 2.26. The van der Waals surface area contributed by atoms with Gasteiger partial charge in [-0.05, 0) is 42.8 Å². The second-order valence-corrected chi connectivity index (χ2v) is 8.28. The molecule has 4 rings (SSSR count). The van der Waals surface area contributed by atoms with Crippen molar-refractivity contribution >= 4 is 39.7 Å². The van der Waals surface area contributed by atoms with Gasteiger partial charge >= 0.3 is 0 Å². The molecular weight excluding hydrogens is 366 g/mol.